The van der Waals surface area contributed by atoms with Crippen LogP contribution in [0.1, 0.15) is 235 Å². The van der Waals surface area contributed by atoms with Crippen LogP contribution in [0.3, 0.4) is 0 Å². The largest absolute Gasteiger partial charge is 0.394 e. The Bertz CT molecular complexity index is 3410. The Labute approximate surface area is 773 Å². The summed E-state index contributed by atoms with van der Waals surface area (Å²) in [5.74, 6) is -4.49. The number of aliphatic hydroxyl groups excluding tert-OH is 10. The molecule has 5 aliphatic heterocycles. The van der Waals surface area contributed by atoms with Gasteiger partial charge in [-0.15, -0.1) is 0 Å². The molecule has 44 nitrogen and oxygen atoms in total. The summed E-state index contributed by atoms with van der Waals surface area (Å²) >= 11 is 0. The normalized spacial score (nSPS) is 27.1. The minimum Gasteiger partial charge on any atom is -0.394 e. The summed E-state index contributed by atoms with van der Waals surface area (Å²) in [6, 6.07) is -4.47. The highest BCUT2D eigenvalue weighted by molar-refractivity contribution is 5.80. The lowest BCUT2D eigenvalue weighted by atomic mass is 9.87. The fourth-order valence-corrected chi connectivity index (χ4v) is 16.1. The average molecular weight is 1890 g/mol. The van der Waals surface area contributed by atoms with Gasteiger partial charge in [-0.25, -0.2) is 0 Å². The molecular formula is C88H156N12O32. The zero-order valence-electron chi connectivity index (χ0n) is 78.1. The molecule has 0 saturated carbocycles. The van der Waals surface area contributed by atoms with Crippen LogP contribution in [0.4, 0.5) is 0 Å². The van der Waals surface area contributed by atoms with E-state index in [1.54, 1.807) is 0 Å². The summed E-state index contributed by atoms with van der Waals surface area (Å²) in [7, 11) is 0. The van der Waals surface area contributed by atoms with Gasteiger partial charge in [-0.2, -0.15) is 0 Å². The molecule has 5 saturated heterocycles. The predicted octanol–water partition coefficient (Wildman–Crippen LogP) is -3.37. The van der Waals surface area contributed by atoms with Gasteiger partial charge in [0.2, 0.25) is 70.9 Å². The second kappa shape index (κ2) is 64.0. The van der Waals surface area contributed by atoms with Crippen LogP contribution >= 0.6 is 0 Å². The van der Waals surface area contributed by atoms with E-state index in [2.05, 4.69) is 79.3 Å². The number of ether oxygens (including phenoxy) is 10. The maximum Gasteiger partial charge on any atom is 0.222 e. The maximum absolute atomic E-state index is 14.1. The van der Waals surface area contributed by atoms with Gasteiger partial charge in [-0.05, 0) is 88.9 Å². The number of likely N-dealkylation sites (tertiary alicyclic amines) is 1. The molecule has 44 heteroatoms. The number of amides is 12. The standard InChI is InChI=1S/C88H156N12O32/c1-54(104)95-72-79(120)76(117)60(50-101)130-85(72)126-41-21-18-27-64(109)89-35-24-38-92-67(112)32-44-123-53-63-82(124-45-33-68(113)93-39-25-36-90-65(110)28-19-22-42-127-86-73(96-55(2)105)80(121)77(118)61(51-102)131-86)83(125-46-34-69(114)94-40-26-37-91-66(111)29-20-23-43-128-87-74(97-56(3)106)81(122)78(119)62(52-103)132-87)75(98-57(4)107)84(129-63)99-70(115)30-16-14-12-10-8-9-11-13-15-17-31-71(116)100-49-59(108)47-58(100)48-88(5,6)7/h58-63,72-87,101-103,108,117-122H,8-53H2,1-7H3,(H,89,109)(H,90,110)(H,91,111)(H,92,112)(H,93,113)(H,94,114)(H,95,104)(H,96,105)(H,97,106)(H,98,107)(H,99,115)/t58-,59+,60+,61+,62+,63+,72+,73+,74+,75+,76-,77-,78-,79+,80+,81+,82+,83+,84+,85+,86+,87+/m0/s1. The van der Waals surface area contributed by atoms with Crippen molar-refractivity contribution in [2.45, 2.75) is 369 Å². The first-order valence-corrected chi connectivity index (χ1v) is 47.2. The van der Waals surface area contributed by atoms with E-state index in [4.69, 9.17) is 47.4 Å². The summed E-state index contributed by atoms with van der Waals surface area (Å²) < 4.78 is 59.8. The molecule has 5 heterocycles. The van der Waals surface area contributed by atoms with Crippen LogP contribution < -0.4 is 58.5 Å². The minimum absolute atomic E-state index is 0.0421. The third kappa shape index (κ3) is 44.8. The zero-order chi connectivity index (χ0) is 97.1. The number of unbranched alkanes of at least 4 members (excludes halogenated alkanes) is 12. The van der Waals surface area contributed by atoms with Crippen molar-refractivity contribution in [1.82, 2.24) is 63.4 Å². The van der Waals surface area contributed by atoms with Gasteiger partial charge in [0.1, 0.15) is 97.4 Å². The van der Waals surface area contributed by atoms with Gasteiger partial charge in [-0.1, -0.05) is 72.1 Å². The maximum atomic E-state index is 14.1. The Morgan fingerprint density at radius 2 is 0.652 bits per heavy atom. The van der Waals surface area contributed by atoms with Crippen molar-refractivity contribution in [2.75, 3.05) is 112 Å². The molecule has 22 atom stereocenters. The molecule has 12 amide bonds. The van der Waals surface area contributed by atoms with Gasteiger partial charge >= 0.3 is 0 Å². The predicted molar refractivity (Wildman–Crippen MR) is 472 cm³/mol. The van der Waals surface area contributed by atoms with Gasteiger partial charge in [-0.3, -0.25) is 57.5 Å². The quantitative estimate of drug-likeness (QED) is 0.0264. The van der Waals surface area contributed by atoms with Crippen molar-refractivity contribution in [1.29, 1.82) is 0 Å². The van der Waals surface area contributed by atoms with Crippen molar-refractivity contribution in [3.05, 3.63) is 0 Å². The Morgan fingerprint density at radius 3 is 1.01 bits per heavy atom. The van der Waals surface area contributed by atoms with Crippen LogP contribution in [0.15, 0.2) is 0 Å². The van der Waals surface area contributed by atoms with Gasteiger partial charge in [0.05, 0.1) is 52.4 Å². The van der Waals surface area contributed by atoms with Gasteiger partial charge in [0.15, 0.2) is 25.1 Å². The molecule has 0 spiro atoms. The summed E-state index contributed by atoms with van der Waals surface area (Å²) in [6.45, 7) is 10.2. The molecule has 0 radical (unpaired) electrons. The molecule has 5 aliphatic rings. The number of aliphatic hydroxyl groups is 10. The summed E-state index contributed by atoms with van der Waals surface area (Å²) in [5, 5.41) is 132. The first-order chi connectivity index (χ1) is 63.0. The number of carbonyl (C=O) groups is 12. The van der Waals surface area contributed by atoms with E-state index >= 15 is 0 Å². The zero-order valence-corrected chi connectivity index (χ0v) is 78.1. The van der Waals surface area contributed by atoms with E-state index in [0.717, 1.165) is 64.2 Å². The van der Waals surface area contributed by atoms with Crippen molar-refractivity contribution < 1.29 is 156 Å². The second-order valence-corrected chi connectivity index (χ2v) is 35.7. The topological polar surface area (TPSA) is 635 Å². The molecule has 760 valence electrons. The molecule has 0 unspecified atom stereocenters. The lowest BCUT2D eigenvalue weighted by molar-refractivity contribution is -0.270. The third-order valence-electron chi connectivity index (χ3n) is 23.0. The van der Waals surface area contributed by atoms with Crippen LogP contribution in [0, 0.1) is 5.41 Å². The molecule has 5 fully saturated rings. The summed E-state index contributed by atoms with van der Waals surface area (Å²) in [5.41, 5.74) is 0.0421. The molecule has 0 aromatic carbocycles. The number of rotatable bonds is 65. The van der Waals surface area contributed by atoms with Gasteiger partial charge in [0.25, 0.3) is 0 Å². The monoisotopic (exact) mass is 1890 g/mol. The first kappa shape index (κ1) is 115. The van der Waals surface area contributed by atoms with Crippen LogP contribution in [-0.4, -0.2) is 373 Å². The minimum atomic E-state index is -1.48. The number of hydrogen-bond acceptors (Lipinski definition) is 32. The highest BCUT2D eigenvalue weighted by Gasteiger charge is 2.51. The molecular weight excluding hydrogens is 1740 g/mol. The van der Waals surface area contributed by atoms with E-state index in [1.807, 2.05) is 4.90 Å². The van der Waals surface area contributed by atoms with Crippen LogP contribution in [0.5, 0.6) is 0 Å². The Morgan fingerprint density at radius 1 is 0.333 bits per heavy atom. The average Bonchev–Trinajstić information content (AvgIpc) is 1.00. The van der Waals surface area contributed by atoms with E-state index in [0.29, 0.717) is 83.6 Å². The van der Waals surface area contributed by atoms with Gasteiger partial charge in [0, 0.05) is 151 Å². The van der Waals surface area contributed by atoms with Crippen molar-refractivity contribution in [2.24, 2.45) is 5.41 Å². The SMILES string of the molecule is CC(=O)N[C@@H]1[C@@H](OCCC(=O)NCCCNC(=O)CCCCO[C@@H]2O[C@H](CO)[C@H](O)[C@H](O)[C@H]2NC(C)=O)[C@H](OCCC(=O)NCCCNC(=O)CCCCO[C@@H]2O[C@H](CO)[C@H](O)[C@H](O)[C@H]2NC(C)=O)[C@@H](COCCC(=O)NCCCNC(=O)CCCCO[C@@H]2O[C@H](CO)[C@H](O)[C@H](O)[C@H]2NC(C)=O)O[C@H]1NC(=O)CCCCCCCCCCCCC(=O)N1C[C@H](O)C[C@H]1CC(C)(C)C. The molecule has 132 heavy (non-hydrogen) atoms. The van der Waals surface area contributed by atoms with E-state index in [9.17, 15) is 109 Å². The van der Waals surface area contributed by atoms with Crippen LogP contribution in [-0.2, 0) is 105 Å². The van der Waals surface area contributed by atoms with Crippen LogP contribution in [0.2, 0.25) is 0 Å². The van der Waals surface area contributed by atoms with Crippen molar-refractivity contribution in [3.8, 4) is 0 Å². The number of hydrogen-bond donors (Lipinski definition) is 21. The number of nitrogens with zero attached hydrogens (tertiary/aromatic N) is 1. The molecule has 0 bridgehead atoms. The summed E-state index contributed by atoms with van der Waals surface area (Å²) in [6.07, 6.45) is -7.29. The van der Waals surface area contributed by atoms with Crippen molar-refractivity contribution in [3.63, 3.8) is 0 Å². The van der Waals surface area contributed by atoms with Crippen LogP contribution in [0.25, 0.3) is 0 Å². The highest BCUT2D eigenvalue weighted by Crippen LogP contribution is 2.33. The summed E-state index contributed by atoms with van der Waals surface area (Å²) in [4.78, 5) is 156. The molecule has 0 aromatic rings. The van der Waals surface area contributed by atoms with Crippen molar-refractivity contribution >= 4 is 70.9 Å². The Hall–Kier alpha value is -7.16. The van der Waals surface area contributed by atoms with E-state index < -0.39 is 196 Å². The Balaban J connectivity index is 1.18. The highest BCUT2D eigenvalue weighted by atomic mass is 16.7. The van der Waals surface area contributed by atoms with Gasteiger partial charge < -0.3 is 162 Å². The second-order valence-electron chi connectivity index (χ2n) is 35.7. The smallest absolute Gasteiger partial charge is 0.222 e. The lowest BCUT2D eigenvalue weighted by Crippen LogP contribution is -2.69. The number of nitrogens with one attached hydrogen (secondary N) is 11. The molecule has 21 N–H and O–H groups in total. The lowest BCUT2D eigenvalue weighted by Gasteiger charge is -2.46. The fourth-order valence-electron chi connectivity index (χ4n) is 16.1. The molecule has 5 rings (SSSR count). The van der Waals surface area contributed by atoms with E-state index in [-0.39, 0.29) is 166 Å². The number of carbonyl (C=O) groups excluding carboxylic acids is 12. The molecule has 0 aliphatic carbocycles. The first-order valence-electron chi connectivity index (χ1n) is 47.2. The number of β-amino-alcohol motifs (C(OH)–C–C–N with tert-alkyl or cyclic N) is 1. The third-order valence-corrected chi connectivity index (χ3v) is 23.0. The van der Waals surface area contributed by atoms with E-state index in [1.165, 1.54) is 27.7 Å². The fraction of sp³-hybridized carbons (Fsp3) is 0.864. The molecule has 0 aromatic heterocycles. The Kier molecular flexibility index (Phi) is 55.9.